The van der Waals surface area contributed by atoms with Crippen molar-refractivity contribution in [2.75, 3.05) is 13.2 Å². The van der Waals surface area contributed by atoms with E-state index < -0.39 is 75.7 Å². The summed E-state index contributed by atoms with van der Waals surface area (Å²) in [5.74, 6) is -1.15. The minimum absolute atomic E-state index is 0.0938. The van der Waals surface area contributed by atoms with Gasteiger partial charge in [-0.2, -0.15) is 0 Å². The molecule has 0 aliphatic heterocycles. The fraction of sp³-hybridized carbons (Fsp3) is 0.913. The maximum absolute atomic E-state index is 12.5. The number of hydrogen-bond acceptors (Lipinski definition) is 12. The zero-order valence-corrected chi connectivity index (χ0v) is 22.4. The van der Waals surface area contributed by atoms with Gasteiger partial charge in [0.2, 0.25) is 0 Å². The van der Waals surface area contributed by atoms with Crippen LogP contribution >= 0.6 is 7.82 Å². The summed E-state index contributed by atoms with van der Waals surface area (Å²) >= 11 is 0. The molecule has 0 heterocycles. The molecule has 1 aliphatic rings. The Labute approximate surface area is 217 Å². The first-order chi connectivity index (χ1) is 17.4. The summed E-state index contributed by atoms with van der Waals surface area (Å²) in [5.41, 5.74) is 0. The Morgan fingerprint density at radius 2 is 1.22 bits per heavy atom. The SMILES string of the molecule is CCCCCCCC(=O)OC(COC(=O)CCCCC)COP(=O)(O)OC1C(O)C(O)C(O)C(O)C1O. The van der Waals surface area contributed by atoms with Gasteiger partial charge in [-0.25, -0.2) is 4.57 Å². The molecule has 6 N–H and O–H groups in total. The molecule has 6 atom stereocenters. The second-order valence-corrected chi connectivity index (χ2v) is 10.6. The van der Waals surface area contributed by atoms with Crippen molar-refractivity contribution in [3.05, 3.63) is 0 Å². The fourth-order valence-electron chi connectivity index (χ4n) is 3.69. The van der Waals surface area contributed by atoms with Crippen LogP contribution in [0.3, 0.4) is 0 Å². The van der Waals surface area contributed by atoms with Gasteiger partial charge in [0.25, 0.3) is 0 Å². The van der Waals surface area contributed by atoms with Crippen molar-refractivity contribution in [1.29, 1.82) is 0 Å². The molecule has 0 bridgehead atoms. The number of hydrogen-bond donors (Lipinski definition) is 6. The molecule has 14 heteroatoms. The third kappa shape index (κ3) is 12.5. The second-order valence-electron chi connectivity index (χ2n) is 9.20. The van der Waals surface area contributed by atoms with Crippen LogP contribution in [-0.2, 0) is 32.7 Å². The molecule has 6 unspecified atom stereocenters. The molecular formula is C23H43O13P. The lowest BCUT2D eigenvalue weighted by Crippen LogP contribution is -2.64. The zero-order chi connectivity index (χ0) is 28.0. The van der Waals surface area contributed by atoms with Crippen LogP contribution in [0.25, 0.3) is 0 Å². The molecule has 37 heavy (non-hydrogen) atoms. The summed E-state index contributed by atoms with van der Waals surface area (Å²) in [6.07, 6.45) is -6.06. The molecule has 1 fully saturated rings. The maximum Gasteiger partial charge on any atom is 0.472 e. The minimum atomic E-state index is -5.06. The first kappa shape index (κ1) is 33.9. The molecule has 0 aromatic rings. The number of aliphatic hydroxyl groups is 5. The molecule has 218 valence electrons. The van der Waals surface area contributed by atoms with Crippen molar-refractivity contribution in [1.82, 2.24) is 0 Å². The average molecular weight is 559 g/mol. The van der Waals surface area contributed by atoms with Crippen molar-refractivity contribution in [2.24, 2.45) is 0 Å². The van der Waals surface area contributed by atoms with Gasteiger partial charge < -0.3 is 39.9 Å². The number of carbonyl (C=O) groups excluding carboxylic acids is 2. The van der Waals surface area contributed by atoms with Gasteiger partial charge in [0.15, 0.2) is 6.10 Å². The molecule has 0 radical (unpaired) electrons. The highest BCUT2D eigenvalue weighted by molar-refractivity contribution is 7.47. The van der Waals surface area contributed by atoms with E-state index in [0.29, 0.717) is 12.8 Å². The van der Waals surface area contributed by atoms with E-state index in [1.54, 1.807) is 0 Å². The van der Waals surface area contributed by atoms with Gasteiger partial charge in [-0.3, -0.25) is 18.6 Å². The van der Waals surface area contributed by atoms with Gasteiger partial charge in [-0.1, -0.05) is 52.4 Å². The van der Waals surface area contributed by atoms with Gasteiger partial charge in [-0.15, -0.1) is 0 Å². The highest BCUT2D eigenvalue weighted by Crippen LogP contribution is 2.47. The van der Waals surface area contributed by atoms with Crippen LogP contribution in [0.15, 0.2) is 0 Å². The Morgan fingerprint density at radius 1 is 0.730 bits per heavy atom. The van der Waals surface area contributed by atoms with Crippen LogP contribution in [0, 0.1) is 0 Å². The molecule has 0 spiro atoms. The topological polar surface area (TPSA) is 210 Å². The van der Waals surface area contributed by atoms with Crippen LogP contribution in [0.2, 0.25) is 0 Å². The standard InChI is InChI=1S/C23H43O13P/c1-3-5-7-8-10-12-17(25)35-15(13-33-16(24)11-9-6-4-2)14-34-37(31,32)36-23-21(29)19(27)18(26)20(28)22(23)30/h15,18-23,26-30H,3-14H2,1-2H3,(H,31,32). The van der Waals surface area contributed by atoms with E-state index in [1.165, 1.54) is 0 Å². The summed E-state index contributed by atoms with van der Waals surface area (Å²) < 4.78 is 32.4. The molecule has 0 saturated heterocycles. The number of phosphoric ester groups is 1. The van der Waals surface area contributed by atoms with Crippen LogP contribution in [0.1, 0.15) is 78.1 Å². The number of rotatable bonds is 18. The number of ether oxygens (including phenoxy) is 2. The predicted molar refractivity (Wildman–Crippen MR) is 129 cm³/mol. The molecule has 13 nitrogen and oxygen atoms in total. The normalized spacial score (nSPS) is 28.3. The van der Waals surface area contributed by atoms with E-state index in [-0.39, 0.29) is 12.8 Å². The van der Waals surface area contributed by atoms with Gasteiger partial charge >= 0.3 is 19.8 Å². The van der Waals surface area contributed by atoms with Crippen molar-refractivity contribution in [2.45, 2.75) is 121 Å². The molecule has 1 rings (SSSR count). The van der Waals surface area contributed by atoms with E-state index in [4.69, 9.17) is 18.5 Å². The number of carbonyl (C=O) groups is 2. The average Bonchev–Trinajstić information content (AvgIpc) is 2.86. The first-order valence-electron chi connectivity index (χ1n) is 12.8. The third-order valence-corrected chi connectivity index (χ3v) is 6.93. The summed E-state index contributed by atoms with van der Waals surface area (Å²) in [4.78, 5) is 34.3. The molecule has 0 aromatic heterocycles. The molecule has 0 amide bonds. The van der Waals surface area contributed by atoms with Gasteiger partial charge in [0, 0.05) is 12.8 Å². The van der Waals surface area contributed by atoms with E-state index in [9.17, 15) is 44.6 Å². The van der Waals surface area contributed by atoms with Crippen LogP contribution in [0.4, 0.5) is 0 Å². The van der Waals surface area contributed by atoms with Crippen LogP contribution in [-0.4, -0.2) is 98.3 Å². The first-order valence-corrected chi connectivity index (χ1v) is 14.3. The van der Waals surface area contributed by atoms with Crippen molar-refractivity contribution < 1.29 is 63.1 Å². The van der Waals surface area contributed by atoms with Gasteiger partial charge in [-0.05, 0) is 12.8 Å². The van der Waals surface area contributed by atoms with E-state index >= 15 is 0 Å². The quantitative estimate of drug-likeness (QED) is 0.0778. The second kappa shape index (κ2) is 17.4. The smallest absolute Gasteiger partial charge is 0.462 e. The van der Waals surface area contributed by atoms with Gasteiger partial charge in [0.1, 0.15) is 43.2 Å². The summed E-state index contributed by atoms with van der Waals surface area (Å²) in [5, 5.41) is 49.2. The van der Waals surface area contributed by atoms with E-state index in [1.807, 2.05) is 6.92 Å². The molecular weight excluding hydrogens is 515 g/mol. The van der Waals surface area contributed by atoms with Crippen molar-refractivity contribution >= 4 is 19.8 Å². The summed E-state index contributed by atoms with van der Waals surface area (Å²) in [7, 11) is -5.06. The van der Waals surface area contributed by atoms with E-state index in [0.717, 1.165) is 38.5 Å². The summed E-state index contributed by atoms with van der Waals surface area (Å²) in [6.45, 7) is 2.87. The summed E-state index contributed by atoms with van der Waals surface area (Å²) in [6, 6.07) is 0. The highest BCUT2D eigenvalue weighted by Gasteiger charge is 2.51. The van der Waals surface area contributed by atoms with Gasteiger partial charge in [0.05, 0.1) is 6.61 Å². The van der Waals surface area contributed by atoms with Crippen molar-refractivity contribution in [3.8, 4) is 0 Å². The number of phosphoric acid groups is 1. The van der Waals surface area contributed by atoms with Crippen molar-refractivity contribution in [3.63, 3.8) is 0 Å². The number of unbranched alkanes of at least 4 members (excludes halogenated alkanes) is 6. The Morgan fingerprint density at radius 3 is 1.81 bits per heavy atom. The third-order valence-electron chi connectivity index (χ3n) is 5.95. The van der Waals surface area contributed by atoms with Crippen LogP contribution in [0.5, 0.6) is 0 Å². The minimum Gasteiger partial charge on any atom is -0.462 e. The largest absolute Gasteiger partial charge is 0.472 e. The number of esters is 2. The molecule has 1 saturated carbocycles. The number of aliphatic hydroxyl groups excluding tert-OH is 5. The predicted octanol–water partition coefficient (Wildman–Crippen LogP) is 0.702. The Hall–Kier alpha value is -1.15. The lowest BCUT2D eigenvalue weighted by Gasteiger charge is -2.41. The zero-order valence-electron chi connectivity index (χ0n) is 21.5. The lowest BCUT2D eigenvalue weighted by molar-refractivity contribution is -0.220. The monoisotopic (exact) mass is 558 g/mol. The molecule has 0 aromatic carbocycles. The Bertz CT molecular complexity index is 705. The maximum atomic E-state index is 12.5. The van der Waals surface area contributed by atoms with E-state index in [2.05, 4.69) is 6.92 Å². The Balaban J connectivity index is 2.72. The fourth-order valence-corrected chi connectivity index (χ4v) is 4.67. The lowest BCUT2D eigenvalue weighted by atomic mass is 9.85. The highest BCUT2D eigenvalue weighted by atomic mass is 31.2. The molecule has 1 aliphatic carbocycles. The van der Waals surface area contributed by atoms with Crippen LogP contribution < -0.4 is 0 Å². The Kier molecular flexibility index (Phi) is 16.0.